The highest BCUT2D eigenvalue weighted by atomic mass is 35.5. The van der Waals surface area contributed by atoms with Crippen LogP contribution in [-0.4, -0.2) is 52.7 Å². The molecule has 36 heavy (non-hydrogen) atoms. The normalized spacial score (nSPS) is 16.6. The minimum Gasteiger partial charge on any atom is -0.497 e. The molecule has 1 saturated heterocycles. The summed E-state index contributed by atoms with van der Waals surface area (Å²) in [6.45, 7) is 2.76. The Balaban J connectivity index is 1.36. The number of carboxylic acids is 1. The second kappa shape index (κ2) is 12.3. The molecule has 0 saturated carbocycles. The summed E-state index contributed by atoms with van der Waals surface area (Å²) in [5, 5.41) is 11.4. The van der Waals surface area contributed by atoms with Gasteiger partial charge in [0, 0.05) is 23.0 Å². The average molecular weight is 528 g/mol. The molecular formula is C28H34ClN3O3S. The maximum Gasteiger partial charge on any atom is 0.303 e. The van der Waals surface area contributed by atoms with Gasteiger partial charge in [0.15, 0.2) is 0 Å². The molecule has 0 bridgehead atoms. The number of ether oxygens (including phenoxy) is 1. The Morgan fingerprint density at radius 2 is 2.06 bits per heavy atom. The largest absolute Gasteiger partial charge is 0.497 e. The van der Waals surface area contributed by atoms with Crippen molar-refractivity contribution < 1.29 is 14.6 Å². The predicted molar refractivity (Wildman–Crippen MR) is 147 cm³/mol. The van der Waals surface area contributed by atoms with Crippen LogP contribution in [0.1, 0.15) is 55.0 Å². The molecule has 1 aliphatic heterocycles. The average Bonchev–Trinajstić information content (AvgIpc) is 2.89. The van der Waals surface area contributed by atoms with Crippen LogP contribution in [0.4, 0.5) is 0 Å². The molecule has 0 radical (unpaired) electrons. The minimum atomic E-state index is -0.717. The number of fused-ring (bicyclic) bond motifs is 1. The van der Waals surface area contributed by atoms with Gasteiger partial charge >= 0.3 is 5.97 Å². The molecule has 0 amide bonds. The summed E-state index contributed by atoms with van der Waals surface area (Å²) >= 11 is 11.3. The number of pyridine rings is 2. The van der Waals surface area contributed by atoms with Crippen molar-refractivity contribution in [2.45, 2.75) is 50.2 Å². The van der Waals surface area contributed by atoms with Crippen LogP contribution in [0, 0.1) is 5.41 Å². The summed E-state index contributed by atoms with van der Waals surface area (Å²) in [4.78, 5) is 23.1. The van der Waals surface area contributed by atoms with E-state index in [-0.39, 0.29) is 17.1 Å². The number of hydrogen-bond acceptors (Lipinski definition) is 6. The zero-order valence-electron chi connectivity index (χ0n) is 20.7. The summed E-state index contributed by atoms with van der Waals surface area (Å²) in [5.41, 5.74) is 2.75. The molecule has 2 aromatic heterocycles. The van der Waals surface area contributed by atoms with Gasteiger partial charge in [0.05, 0.1) is 29.8 Å². The zero-order chi connectivity index (χ0) is 25.5. The van der Waals surface area contributed by atoms with Gasteiger partial charge in [0.1, 0.15) is 5.75 Å². The lowest BCUT2D eigenvalue weighted by Crippen LogP contribution is -2.41. The third-order valence-corrected chi connectivity index (χ3v) is 8.31. The molecule has 0 spiro atoms. The first-order chi connectivity index (χ1) is 17.4. The van der Waals surface area contributed by atoms with Gasteiger partial charge in [0.2, 0.25) is 0 Å². The fourth-order valence-corrected chi connectivity index (χ4v) is 5.85. The standard InChI is InChI=1S/C28H34ClN3O3S/c1-35-20-7-8-24-22(17-20)21(23(29)19-31-24)5-4-10-28(18-27(33)34)11-15-32(16-12-28)14-9-26(36)25-6-2-3-13-30-25/h2-3,6-8,13,17,19,26,36H,4-5,9-12,14-16,18H2,1H3,(H,33,34). The van der Waals surface area contributed by atoms with E-state index in [4.69, 9.17) is 29.0 Å². The monoisotopic (exact) mass is 527 g/mol. The molecule has 8 heteroatoms. The molecule has 4 rings (SSSR count). The number of benzene rings is 1. The number of methoxy groups -OCH3 is 1. The van der Waals surface area contributed by atoms with Crippen molar-refractivity contribution in [1.29, 1.82) is 0 Å². The van der Waals surface area contributed by atoms with Crippen LogP contribution in [0.5, 0.6) is 5.75 Å². The van der Waals surface area contributed by atoms with Crippen LogP contribution in [0.3, 0.4) is 0 Å². The number of halogens is 1. The van der Waals surface area contributed by atoms with E-state index in [1.165, 1.54) is 0 Å². The van der Waals surface area contributed by atoms with Gasteiger partial charge in [-0.25, -0.2) is 0 Å². The number of aromatic nitrogens is 2. The SMILES string of the molecule is COc1ccc2ncc(Cl)c(CCCC3(CC(=O)O)CCN(CCC(S)c4ccccn4)CC3)c2c1. The molecule has 3 heterocycles. The van der Waals surface area contributed by atoms with E-state index in [0.717, 1.165) is 86.1 Å². The number of piperidine rings is 1. The Morgan fingerprint density at radius 1 is 1.25 bits per heavy atom. The predicted octanol–water partition coefficient (Wildman–Crippen LogP) is 6.23. The van der Waals surface area contributed by atoms with Crippen LogP contribution in [0.2, 0.25) is 5.02 Å². The fourth-order valence-electron chi connectivity index (χ4n) is 5.34. The number of aliphatic carboxylic acids is 1. The van der Waals surface area contributed by atoms with Gasteiger partial charge in [-0.1, -0.05) is 17.7 Å². The number of hydrogen-bond donors (Lipinski definition) is 2. The van der Waals surface area contributed by atoms with E-state index in [2.05, 4.69) is 14.9 Å². The highest BCUT2D eigenvalue weighted by Gasteiger charge is 2.36. The smallest absolute Gasteiger partial charge is 0.303 e. The molecule has 1 fully saturated rings. The van der Waals surface area contributed by atoms with Crippen LogP contribution < -0.4 is 4.74 Å². The Morgan fingerprint density at radius 3 is 2.75 bits per heavy atom. The molecular weight excluding hydrogens is 494 g/mol. The summed E-state index contributed by atoms with van der Waals surface area (Å²) in [6.07, 6.45) is 8.93. The number of carbonyl (C=O) groups is 1. The first-order valence-corrected chi connectivity index (χ1v) is 13.4. The van der Waals surface area contributed by atoms with Gasteiger partial charge in [-0.05, 0) is 99.5 Å². The van der Waals surface area contributed by atoms with E-state index in [0.29, 0.717) is 5.02 Å². The van der Waals surface area contributed by atoms with Gasteiger partial charge in [-0.3, -0.25) is 14.8 Å². The van der Waals surface area contributed by atoms with Crippen LogP contribution in [-0.2, 0) is 11.2 Å². The maximum atomic E-state index is 11.8. The quantitative estimate of drug-likeness (QED) is 0.288. The number of aryl methyl sites for hydroxylation is 1. The van der Waals surface area contributed by atoms with Gasteiger partial charge in [-0.2, -0.15) is 12.6 Å². The van der Waals surface area contributed by atoms with Crippen molar-refractivity contribution in [3.05, 3.63) is 65.1 Å². The molecule has 192 valence electrons. The van der Waals surface area contributed by atoms with Crippen molar-refractivity contribution in [1.82, 2.24) is 14.9 Å². The van der Waals surface area contributed by atoms with Gasteiger partial charge in [-0.15, -0.1) is 0 Å². The first-order valence-electron chi connectivity index (χ1n) is 12.5. The van der Waals surface area contributed by atoms with E-state index < -0.39 is 5.97 Å². The summed E-state index contributed by atoms with van der Waals surface area (Å²) in [5.74, 6) is 0.0557. The van der Waals surface area contributed by atoms with Crippen molar-refractivity contribution in [2.75, 3.05) is 26.7 Å². The van der Waals surface area contributed by atoms with E-state index in [1.807, 2.05) is 36.4 Å². The summed E-state index contributed by atoms with van der Waals surface area (Å²) in [6, 6.07) is 11.7. The summed E-state index contributed by atoms with van der Waals surface area (Å²) in [7, 11) is 1.65. The van der Waals surface area contributed by atoms with Crippen LogP contribution in [0.15, 0.2) is 48.8 Å². The lowest BCUT2D eigenvalue weighted by molar-refractivity contribution is -0.140. The maximum absolute atomic E-state index is 11.8. The third kappa shape index (κ3) is 6.69. The number of carboxylic acid groups (broad SMARTS) is 1. The van der Waals surface area contributed by atoms with Crippen molar-refractivity contribution in [2.24, 2.45) is 5.41 Å². The lowest BCUT2D eigenvalue weighted by Gasteiger charge is -2.41. The van der Waals surface area contributed by atoms with E-state index >= 15 is 0 Å². The second-order valence-electron chi connectivity index (χ2n) is 9.79. The van der Waals surface area contributed by atoms with Gasteiger partial charge in [0.25, 0.3) is 0 Å². The van der Waals surface area contributed by atoms with Crippen molar-refractivity contribution >= 4 is 41.1 Å². The topological polar surface area (TPSA) is 75.6 Å². The van der Waals surface area contributed by atoms with E-state index in [9.17, 15) is 9.90 Å². The summed E-state index contributed by atoms with van der Waals surface area (Å²) < 4.78 is 5.40. The lowest BCUT2D eigenvalue weighted by atomic mass is 9.72. The molecule has 1 aromatic carbocycles. The fraction of sp³-hybridized carbons (Fsp3) is 0.464. The Bertz CT molecular complexity index is 1170. The second-order valence-corrected chi connectivity index (χ2v) is 10.8. The molecule has 3 aromatic rings. The van der Waals surface area contributed by atoms with Crippen molar-refractivity contribution in [3.8, 4) is 5.75 Å². The molecule has 1 atom stereocenters. The highest BCUT2D eigenvalue weighted by Crippen LogP contribution is 2.41. The Kier molecular flexibility index (Phi) is 9.09. The zero-order valence-corrected chi connectivity index (χ0v) is 22.3. The molecule has 1 N–H and O–H groups in total. The molecule has 1 aliphatic rings. The number of rotatable bonds is 11. The Labute approximate surface area is 223 Å². The molecule has 0 aliphatic carbocycles. The van der Waals surface area contributed by atoms with E-state index in [1.54, 1.807) is 19.5 Å². The number of likely N-dealkylation sites (tertiary alicyclic amines) is 1. The minimum absolute atomic E-state index is 0.107. The first kappa shape index (κ1) is 26.7. The molecule has 1 unspecified atom stereocenters. The Hall–Kier alpha value is -2.35. The van der Waals surface area contributed by atoms with Crippen LogP contribution >= 0.6 is 24.2 Å². The number of nitrogens with zero attached hydrogens (tertiary/aromatic N) is 3. The molecule has 6 nitrogen and oxygen atoms in total. The van der Waals surface area contributed by atoms with Crippen LogP contribution in [0.25, 0.3) is 10.9 Å². The third-order valence-electron chi connectivity index (χ3n) is 7.46. The number of thiol groups is 1. The van der Waals surface area contributed by atoms with Crippen molar-refractivity contribution in [3.63, 3.8) is 0 Å². The highest BCUT2D eigenvalue weighted by molar-refractivity contribution is 7.80. The van der Waals surface area contributed by atoms with Gasteiger partial charge < -0.3 is 14.7 Å².